The number of nitrogens with one attached hydrogen (secondary N) is 1. The second-order valence-corrected chi connectivity index (χ2v) is 4.93. The summed E-state index contributed by atoms with van der Waals surface area (Å²) in [6.07, 6.45) is 8.25. The summed E-state index contributed by atoms with van der Waals surface area (Å²) < 4.78 is 5.51. The molecule has 7 heteroatoms. The Morgan fingerprint density at radius 1 is 1.43 bits per heavy atom. The van der Waals surface area contributed by atoms with Crippen molar-refractivity contribution in [1.82, 2.24) is 25.1 Å². The second kappa shape index (κ2) is 6.45. The van der Waals surface area contributed by atoms with Gasteiger partial charge >= 0.3 is 0 Å². The van der Waals surface area contributed by atoms with Gasteiger partial charge in [-0.25, -0.2) is 0 Å². The molecule has 1 aliphatic heterocycles. The maximum Gasteiger partial charge on any atom is 0.272 e. The number of H-pyrrole nitrogens is 1. The molecule has 1 saturated heterocycles. The van der Waals surface area contributed by atoms with Crippen LogP contribution in [0.25, 0.3) is 0 Å². The highest BCUT2D eigenvalue weighted by atomic mass is 16.5. The van der Waals surface area contributed by atoms with Crippen molar-refractivity contribution in [3.63, 3.8) is 0 Å². The number of hydrogen-bond donors (Lipinski definition) is 1. The third-order valence-corrected chi connectivity index (χ3v) is 3.57. The lowest BCUT2D eigenvalue weighted by molar-refractivity contribution is -0.00443. The van der Waals surface area contributed by atoms with E-state index in [1.165, 1.54) is 0 Å². The van der Waals surface area contributed by atoms with E-state index in [0.717, 1.165) is 18.5 Å². The average Bonchev–Trinajstić information content (AvgIpc) is 3.08. The average molecular weight is 287 g/mol. The van der Waals surface area contributed by atoms with Gasteiger partial charge in [-0.05, 0) is 18.9 Å². The number of rotatable bonds is 4. The van der Waals surface area contributed by atoms with E-state index in [-0.39, 0.29) is 11.9 Å². The molecule has 1 amide bonds. The Hall–Kier alpha value is -2.28. The van der Waals surface area contributed by atoms with E-state index in [1.54, 1.807) is 30.9 Å². The quantitative estimate of drug-likeness (QED) is 0.893. The first-order valence-electron chi connectivity index (χ1n) is 6.97. The number of carbonyl (C=O) groups is 1. The van der Waals surface area contributed by atoms with E-state index in [2.05, 4.69) is 20.2 Å². The van der Waals surface area contributed by atoms with Gasteiger partial charge in [0.15, 0.2) is 0 Å². The van der Waals surface area contributed by atoms with E-state index in [9.17, 15) is 4.79 Å². The van der Waals surface area contributed by atoms with Crippen molar-refractivity contribution in [3.8, 4) is 0 Å². The molecule has 1 aliphatic rings. The largest absolute Gasteiger partial charge is 0.377 e. The Morgan fingerprint density at radius 2 is 2.38 bits per heavy atom. The first-order valence-corrected chi connectivity index (χ1v) is 6.97. The van der Waals surface area contributed by atoms with Crippen LogP contribution in [0, 0.1) is 0 Å². The Morgan fingerprint density at radius 3 is 3.14 bits per heavy atom. The summed E-state index contributed by atoms with van der Waals surface area (Å²) in [5.74, 6) is -0.0278. The van der Waals surface area contributed by atoms with Crippen LogP contribution < -0.4 is 0 Å². The standard InChI is InChI=1S/C14H17N5O2/c20-14(13-3-4-17-18-13)19-7-8-21-10-12(19)2-1-11-9-15-5-6-16-11/h3-6,9,12H,1-2,7-8,10H2,(H,17,18)/t12-/m0/s1. The van der Waals surface area contributed by atoms with Gasteiger partial charge in [-0.1, -0.05) is 0 Å². The van der Waals surface area contributed by atoms with Crippen LogP contribution in [-0.4, -0.2) is 56.8 Å². The number of hydrogen-bond acceptors (Lipinski definition) is 5. The van der Waals surface area contributed by atoms with E-state index >= 15 is 0 Å². The lowest BCUT2D eigenvalue weighted by atomic mass is 10.1. The molecule has 0 saturated carbocycles. The van der Waals surface area contributed by atoms with Gasteiger partial charge < -0.3 is 9.64 Å². The van der Waals surface area contributed by atoms with Crippen molar-refractivity contribution in [1.29, 1.82) is 0 Å². The molecule has 3 rings (SSSR count). The zero-order valence-electron chi connectivity index (χ0n) is 11.6. The normalized spacial score (nSPS) is 18.7. The lowest BCUT2D eigenvalue weighted by Gasteiger charge is -2.35. The van der Waals surface area contributed by atoms with Crippen molar-refractivity contribution < 1.29 is 9.53 Å². The Kier molecular flexibility index (Phi) is 4.20. The maximum atomic E-state index is 12.5. The highest BCUT2D eigenvalue weighted by Crippen LogP contribution is 2.15. The number of ether oxygens (including phenoxy) is 1. The van der Waals surface area contributed by atoms with Crippen molar-refractivity contribution >= 4 is 5.91 Å². The SMILES string of the molecule is O=C(c1ccn[nH]1)N1CCOC[C@@H]1CCc1cnccn1. The Bertz CT molecular complexity index is 572. The summed E-state index contributed by atoms with van der Waals surface area (Å²) in [5, 5.41) is 6.56. The van der Waals surface area contributed by atoms with E-state index in [1.807, 2.05) is 4.90 Å². The molecule has 3 heterocycles. The van der Waals surface area contributed by atoms with Gasteiger partial charge in [-0.3, -0.25) is 19.9 Å². The molecule has 0 spiro atoms. The van der Waals surface area contributed by atoms with Crippen molar-refractivity contribution in [2.45, 2.75) is 18.9 Å². The van der Waals surface area contributed by atoms with Gasteiger partial charge in [0, 0.05) is 31.3 Å². The Balaban J connectivity index is 1.65. The fourth-order valence-electron chi connectivity index (χ4n) is 2.46. The number of aromatic nitrogens is 4. The van der Waals surface area contributed by atoms with Crippen LogP contribution in [-0.2, 0) is 11.2 Å². The molecular formula is C14H17N5O2. The third kappa shape index (κ3) is 3.25. The molecular weight excluding hydrogens is 270 g/mol. The summed E-state index contributed by atoms with van der Waals surface area (Å²) in [7, 11) is 0. The molecule has 0 radical (unpaired) electrons. The fourth-order valence-corrected chi connectivity index (χ4v) is 2.46. The van der Waals surface area contributed by atoms with Gasteiger partial charge in [-0.15, -0.1) is 0 Å². The molecule has 0 unspecified atom stereocenters. The first-order chi connectivity index (χ1) is 10.3. The number of morpholine rings is 1. The van der Waals surface area contributed by atoms with E-state index in [0.29, 0.717) is 25.5 Å². The molecule has 0 aliphatic carbocycles. The Labute approximate surface area is 122 Å². The van der Waals surface area contributed by atoms with Crippen molar-refractivity contribution in [2.75, 3.05) is 19.8 Å². The van der Waals surface area contributed by atoms with Crippen LogP contribution in [0.5, 0.6) is 0 Å². The van der Waals surface area contributed by atoms with Gasteiger partial charge in [0.1, 0.15) is 5.69 Å². The molecule has 2 aromatic heterocycles. The zero-order chi connectivity index (χ0) is 14.5. The lowest BCUT2D eigenvalue weighted by Crippen LogP contribution is -2.49. The highest BCUT2D eigenvalue weighted by molar-refractivity contribution is 5.92. The highest BCUT2D eigenvalue weighted by Gasteiger charge is 2.28. The molecule has 1 N–H and O–H groups in total. The van der Waals surface area contributed by atoms with Crippen LogP contribution >= 0.6 is 0 Å². The molecule has 0 aromatic carbocycles. The van der Waals surface area contributed by atoms with Crippen LogP contribution in [0.1, 0.15) is 22.6 Å². The summed E-state index contributed by atoms with van der Waals surface area (Å²) in [6, 6.07) is 1.74. The van der Waals surface area contributed by atoms with Crippen LogP contribution in [0.4, 0.5) is 0 Å². The summed E-state index contributed by atoms with van der Waals surface area (Å²) in [4.78, 5) is 22.6. The minimum atomic E-state index is -0.0278. The molecule has 1 fully saturated rings. The van der Waals surface area contributed by atoms with E-state index in [4.69, 9.17) is 4.74 Å². The molecule has 110 valence electrons. The van der Waals surface area contributed by atoms with Crippen LogP contribution in [0.2, 0.25) is 0 Å². The smallest absolute Gasteiger partial charge is 0.272 e. The predicted octanol–water partition coefficient (Wildman–Crippen LogP) is 0.673. The number of nitrogens with zero attached hydrogens (tertiary/aromatic N) is 4. The van der Waals surface area contributed by atoms with Crippen molar-refractivity contribution in [2.24, 2.45) is 0 Å². The number of aromatic amines is 1. The maximum absolute atomic E-state index is 12.5. The number of carbonyl (C=O) groups excluding carboxylic acids is 1. The van der Waals surface area contributed by atoms with Crippen LogP contribution in [0.15, 0.2) is 30.9 Å². The minimum Gasteiger partial charge on any atom is -0.377 e. The molecule has 2 aromatic rings. The zero-order valence-corrected chi connectivity index (χ0v) is 11.6. The molecule has 21 heavy (non-hydrogen) atoms. The first kappa shape index (κ1) is 13.7. The monoisotopic (exact) mass is 287 g/mol. The number of aryl methyl sites for hydroxylation is 1. The van der Waals surface area contributed by atoms with E-state index < -0.39 is 0 Å². The molecule has 7 nitrogen and oxygen atoms in total. The van der Waals surface area contributed by atoms with Crippen molar-refractivity contribution in [3.05, 3.63) is 42.2 Å². The summed E-state index contributed by atoms with van der Waals surface area (Å²) in [6.45, 7) is 1.73. The van der Waals surface area contributed by atoms with Crippen LogP contribution in [0.3, 0.4) is 0 Å². The summed E-state index contributed by atoms with van der Waals surface area (Å²) in [5.41, 5.74) is 1.44. The van der Waals surface area contributed by atoms with Gasteiger partial charge in [0.05, 0.1) is 24.9 Å². The summed E-state index contributed by atoms with van der Waals surface area (Å²) >= 11 is 0. The third-order valence-electron chi connectivity index (χ3n) is 3.57. The number of amides is 1. The topological polar surface area (TPSA) is 84.0 Å². The predicted molar refractivity (Wildman–Crippen MR) is 74.6 cm³/mol. The minimum absolute atomic E-state index is 0.0278. The molecule has 1 atom stereocenters. The second-order valence-electron chi connectivity index (χ2n) is 4.93. The van der Waals surface area contributed by atoms with Gasteiger partial charge in [0.2, 0.25) is 0 Å². The fraction of sp³-hybridized carbons (Fsp3) is 0.429. The van der Waals surface area contributed by atoms with Gasteiger partial charge in [-0.2, -0.15) is 5.10 Å². The van der Waals surface area contributed by atoms with Gasteiger partial charge in [0.25, 0.3) is 5.91 Å². The molecule has 0 bridgehead atoms.